The number of nitrogens with zero attached hydrogens (tertiary/aromatic N) is 2. The second-order valence-electron chi connectivity index (χ2n) is 10.2. The van der Waals surface area contributed by atoms with Crippen molar-refractivity contribution in [1.29, 1.82) is 0 Å². The SMILES string of the molecule is CO.COC(=O)C1CN(CCC(C)(C)C(C=O)NC(=O)Oc2ccccc2)CCN1C(=O)OC(C)(C)C. The molecule has 2 unspecified atom stereocenters. The van der Waals surface area contributed by atoms with Gasteiger partial charge in [0.15, 0.2) is 0 Å². The average molecular weight is 524 g/mol. The Morgan fingerprint density at radius 3 is 2.27 bits per heavy atom. The van der Waals surface area contributed by atoms with Gasteiger partial charge >= 0.3 is 18.2 Å². The van der Waals surface area contributed by atoms with Crippen molar-refractivity contribution in [3.63, 3.8) is 0 Å². The lowest BCUT2D eigenvalue weighted by Gasteiger charge is -2.41. The smallest absolute Gasteiger partial charge is 0.413 e. The number of benzene rings is 1. The normalized spacial score (nSPS) is 17.0. The van der Waals surface area contributed by atoms with Crippen molar-refractivity contribution < 1.29 is 38.5 Å². The van der Waals surface area contributed by atoms with E-state index >= 15 is 0 Å². The monoisotopic (exact) mass is 523 g/mol. The van der Waals surface area contributed by atoms with E-state index in [4.69, 9.17) is 19.3 Å². The molecular weight excluding hydrogens is 482 g/mol. The fraction of sp³-hybridized carbons (Fsp3) is 0.615. The van der Waals surface area contributed by atoms with Gasteiger partial charge in [0.2, 0.25) is 0 Å². The molecule has 208 valence electrons. The van der Waals surface area contributed by atoms with Gasteiger partial charge in [-0.2, -0.15) is 0 Å². The number of carbonyl (C=O) groups is 4. The number of rotatable bonds is 8. The van der Waals surface area contributed by atoms with Crippen LogP contribution in [0.25, 0.3) is 0 Å². The zero-order chi connectivity index (χ0) is 28.2. The Morgan fingerprint density at radius 1 is 1.11 bits per heavy atom. The number of carbonyl (C=O) groups excluding carboxylic acids is 4. The van der Waals surface area contributed by atoms with Crippen molar-refractivity contribution in [2.45, 2.75) is 58.7 Å². The Morgan fingerprint density at radius 2 is 1.73 bits per heavy atom. The van der Waals surface area contributed by atoms with Gasteiger partial charge in [-0.15, -0.1) is 0 Å². The molecule has 2 amide bonds. The predicted octanol–water partition coefficient (Wildman–Crippen LogP) is 2.46. The van der Waals surface area contributed by atoms with Crippen LogP contribution < -0.4 is 10.1 Å². The van der Waals surface area contributed by atoms with E-state index in [0.29, 0.717) is 38.1 Å². The molecule has 11 nitrogen and oxygen atoms in total. The minimum atomic E-state index is -0.799. The lowest BCUT2D eigenvalue weighted by atomic mass is 9.81. The fourth-order valence-electron chi connectivity index (χ4n) is 3.69. The second-order valence-corrected chi connectivity index (χ2v) is 10.2. The average Bonchev–Trinajstić information content (AvgIpc) is 2.86. The van der Waals surface area contributed by atoms with Crippen molar-refractivity contribution in [3.05, 3.63) is 30.3 Å². The van der Waals surface area contributed by atoms with Crippen LogP contribution >= 0.6 is 0 Å². The molecule has 1 fully saturated rings. The van der Waals surface area contributed by atoms with E-state index in [1.807, 2.05) is 18.7 Å². The molecule has 11 heteroatoms. The number of piperazine rings is 1. The van der Waals surface area contributed by atoms with E-state index in [-0.39, 0.29) is 6.54 Å². The Kier molecular flexibility index (Phi) is 12.5. The first-order chi connectivity index (χ1) is 17.4. The van der Waals surface area contributed by atoms with E-state index < -0.39 is 41.3 Å². The van der Waals surface area contributed by atoms with Crippen LogP contribution in [-0.4, -0.2) is 97.4 Å². The number of aldehydes is 1. The summed E-state index contributed by atoms with van der Waals surface area (Å²) in [6.07, 6.45) is -0.0279. The maximum Gasteiger partial charge on any atom is 0.413 e. The van der Waals surface area contributed by atoms with Gasteiger partial charge in [-0.25, -0.2) is 14.4 Å². The number of amides is 2. The van der Waals surface area contributed by atoms with E-state index in [2.05, 4.69) is 5.32 Å². The van der Waals surface area contributed by atoms with Gasteiger partial charge < -0.3 is 29.4 Å². The first-order valence-corrected chi connectivity index (χ1v) is 12.1. The van der Waals surface area contributed by atoms with Crippen molar-refractivity contribution in [2.75, 3.05) is 40.4 Å². The number of hydrogen-bond donors (Lipinski definition) is 2. The fourth-order valence-corrected chi connectivity index (χ4v) is 3.69. The molecule has 0 saturated carbocycles. The van der Waals surface area contributed by atoms with Crippen LogP contribution in [0.1, 0.15) is 41.0 Å². The number of aliphatic hydroxyl groups excluding tert-OH is 1. The van der Waals surface area contributed by atoms with Crippen LogP contribution in [0.5, 0.6) is 5.75 Å². The number of hydrogen-bond acceptors (Lipinski definition) is 9. The molecule has 0 bridgehead atoms. The lowest BCUT2D eigenvalue weighted by molar-refractivity contribution is -0.149. The van der Waals surface area contributed by atoms with Gasteiger partial charge in [0.1, 0.15) is 23.7 Å². The Hall–Kier alpha value is -3.18. The van der Waals surface area contributed by atoms with Crippen LogP contribution in [-0.2, 0) is 19.1 Å². The molecule has 1 aliphatic heterocycles. The molecule has 0 aliphatic carbocycles. The van der Waals surface area contributed by atoms with Crippen LogP contribution in [0.15, 0.2) is 30.3 Å². The van der Waals surface area contributed by atoms with Gasteiger partial charge in [-0.3, -0.25) is 9.80 Å². The summed E-state index contributed by atoms with van der Waals surface area (Å²) in [5.41, 5.74) is -1.28. The first-order valence-electron chi connectivity index (χ1n) is 12.1. The summed E-state index contributed by atoms with van der Waals surface area (Å²) in [6.45, 7) is 10.7. The highest BCUT2D eigenvalue weighted by molar-refractivity contribution is 5.82. The third-order valence-electron chi connectivity index (χ3n) is 5.84. The van der Waals surface area contributed by atoms with Gasteiger partial charge in [0.05, 0.1) is 13.2 Å². The molecule has 1 aromatic rings. The molecule has 1 heterocycles. The number of methoxy groups -OCH3 is 1. The maximum atomic E-state index is 12.6. The molecule has 2 N–H and O–H groups in total. The second kappa shape index (κ2) is 14.5. The Bertz CT molecular complexity index is 886. The molecule has 1 aliphatic rings. The molecule has 2 atom stereocenters. The van der Waals surface area contributed by atoms with E-state index in [1.54, 1.807) is 51.1 Å². The molecule has 0 radical (unpaired) electrons. The van der Waals surface area contributed by atoms with Crippen LogP contribution in [0.2, 0.25) is 0 Å². The molecule has 2 rings (SSSR count). The lowest BCUT2D eigenvalue weighted by Crippen LogP contribution is -2.59. The molecule has 0 aromatic heterocycles. The van der Waals surface area contributed by atoms with E-state index in [1.165, 1.54) is 12.0 Å². The summed E-state index contributed by atoms with van der Waals surface area (Å²) >= 11 is 0. The number of para-hydroxylation sites is 1. The minimum absolute atomic E-state index is 0.275. The third kappa shape index (κ3) is 10.4. The number of nitrogens with one attached hydrogen (secondary N) is 1. The summed E-state index contributed by atoms with van der Waals surface area (Å²) in [5, 5.41) is 9.63. The van der Waals surface area contributed by atoms with Gasteiger partial charge in [0, 0.05) is 26.7 Å². The van der Waals surface area contributed by atoms with Crippen LogP contribution in [0.3, 0.4) is 0 Å². The third-order valence-corrected chi connectivity index (χ3v) is 5.84. The van der Waals surface area contributed by atoms with Crippen LogP contribution in [0.4, 0.5) is 9.59 Å². The molecule has 1 aromatic carbocycles. The van der Waals surface area contributed by atoms with E-state index in [9.17, 15) is 19.2 Å². The largest absolute Gasteiger partial charge is 0.467 e. The molecular formula is C26H41N3O8. The summed E-state index contributed by atoms with van der Waals surface area (Å²) in [4.78, 5) is 52.5. The predicted molar refractivity (Wildman–Crippen MR) is 137 cm³/mol. The summed E-state index contributed by atoms with van der Waals surface area (Å²) in [6, 6.07) is 7.01. The zero-order valence-corrected chi connectivity index (χ0v) is 22.9. The topological polar surface area (TPSA) is 135 Å². The molecule has 1 saturated heterocycles. The quantitative estimate of drug-likeness (QED) is 0.389. The highest BCUT2D eigenvalue weighted by Gasteiger charge is 2.39. The summed E-state index contributed by atoms with van der Waals surface area (Å²) < 4.78 is 15.6. The number of ether oxygens (including phenoxy) is 3. The van der Waals surface area contributed by atoms with Crippen molar-refractivity contribution in [3.8, 4) is 5.75 Å². The van der Waals surface area contributed by atoms with Gasteiger partial charge in [-0.1, -0.05) is 32.0 Å². The Balaban J connectivity index is 0.00000334. The molecule has 0 spiro atoms. The highest BCUT2D eigenvalue weighted by atomic mass is 16.6. The highest BCUT2D eigenvalue weighted by Crippen LogP contribution is 2.26. The van der Waals surface area contributed by atoms with Crippen LogP contribution in [0, 0.1) is 5.41 Å². The minimum Gasteiger partial charge on any atom is -0.467 e. The van der Waals surface area contributed by atoms with Crippen molar-refractivity contribution in [2.24, 2.45) is 5.41 Å². The van der Waals surface area contributed by atoms with E-state index in [0.717, 1.165) is 7.11 Å². The summed E-state index contributed by atoms with van der Waals surface area (Å²) in [7, 11) is 2.28. The molecule has 37 heavy (non-hydrogen) atoms. The zero-order valence-electron chi connectivity index (χ0n) is 22.9. The van der Waals surface area contributed by atoms with Gasteiger partial charge in [-0.05, 0) is 51.3 Å². The number of esters is 1. The Labute approximate surface area is 219 Å². The van der Waals surface area contributed by atoms with Crippen molar-refractivity contribution in [1.82, 2.24) is 15.1 Å². The van der Waals surface area contributed by atoms with Crippen molar-refractivity contribution >= 4 is 24.4 Å². The standard InChI is InChI=1S/C25H37N3O7.CH4O/c1-24(2,3)35-23(32)28-15-14-27(16-19(28)21(30)33-6)13-12-25(4,5)20(17-29)26-22(31)34-18-10-8-7-9-11-18;1-2/h7-11,17,19-20H,12-16H2,1-6H3,(H,26,31);2H,1H3. The van der Waals surface area contributed by atoms with Gasteiger partial charge in [0.25, 0.3) is 0 Å². The first kappa shape index (κ1) is 31.8. The summed E-state index contributed by atoms with van der Waals surface area (Å²) in [5.74, 6) is -0.139. The number of aliphatic hydroxyl groups is 1. The maximum absolute atomic E-state index is 12.6.